The first-order valence-electron chi connectivity index (χ1n) is 11.7. The van der Waals surface area contributed by atoms with Gasteiger partial charge in [0.15, 0.2) is 18.8 Å². The number of carbonyl (C=O) groups excluding carboxylic acids is 3. The SMILES string of the molecule is Cc1cc(CN2C(=O)C3=CC(S(=O)(=O)NC4(C)CC4)C=CC3=[N+](CC(=O)N3CCCC3)C2=O)on1. The van der Waals surface area contributed by atoms with Crippen molar-refractivity contribution in [2.24, 2.45) is 0 Å². The van der Waals surface area contributed by atoms with Gasteiger partial charge in [-0.05, 0) is 51.7 Å². The van der Waals surface area contributed by atoms with Gasteiger partial charge in [0.05, 0.1) is 5.69 Å². The van der Waals surface area contributed by atoms with Gasteiger partial charge in [-0.25, -0.2) is 17.9 Å². The highest BCUT2D eigenvalue weighted by Crippen LogP contribution is 2.36. The number of sulfonamides is 1. The first kappa shape index (κ1) is 23.6. The number of hydrogen-bond acceptors (Lipinski definition) is 7. The number of imide groups is 1. The Bertz CT molecular complexity index is 1300. The van der Waals surface area contributed by atoms with Gasteiger partial charge in [-0.2, -0.15) is 9.37 Å². The van der Waals surface area contributed by atoms with Crippen LogP contribution in [0.5, 0.6) is 0 Å². The molecule has 1 saturated heterocycles. The van der Waals surface area contributed by atoms with Crippen LogP contribution in [0.25, 0.3) is 0 Å². The lowest BCUT2D eigenvalue weighted by atomic mass is 9.99. The lowest BCUT2D eigenvalue weighted by Gasteiger charge is -2.26. The largest absolute Gasteiger partial charge is 0.502 e. The monoisotopic (exact) mass is 502 g/mol. The summed E-state index contributed by atoms with van der Waals surface area (Å²) in [7, 11) is -3.80. The second kappa shape index (κ2) is 8.52. The third-order valence-corrected chi connectivity index (χ3v) is 8.56. The molecule has 1 aromatic rings. The molecule has 1 saturated carbocycles. The van der Waals surface area contributed by atoms with E-state index in [4.69, 9.17) is 4.52 Å². The van der Waals surface area contributed by atoms with Crippen LogP contribution in [-0.2, 0) is 26.2 Å². The van der Waals surface area contributed by atoms with Gasteiger partial charge in [0.25, 0.3) is 5.91 Å². The van der Waals surface area contributed by atoms with E-state index in [0.29, 0.717) is 24.5 Å². The molecule has 5 rings (SSSR count). The minimum atomic E-state index is -3.80. The first-order valence-corrected chi connectivity index (χ1v) is 13.2. The van der Waals surface area contributed by atoms with Crippen molar-refractivity contribution in [2.45, 2.75) is 56.9 Å². The van der Waals surface area contributed by atoms with E-state index in [9.17, 15) is 22.8 Å². The quantitative estimate of drug-likeness (QED) is 0.547. The number of nitrogens with zero attached hydrogens (tertiary/aromatic N) is 4. The van der Waals surface area contributed by atoms with Crippen LogP contribution in [-0.4, -0.2) is 81.9 Å². The van der Waals surface area contributed by atoms with Gasteiger partial charge in [-0.1, -0.05) is 11.2 Å². The second-order valence-electron chi connectivity index (χ2n) is 9.78. The predicted molar refractivity (Wildman–Crippen MR) is 124 cm³/mol. The minimum absolute atomic E-state index is 0.0638. The topological polar surface area (TPSA) is 133 Å². The van der Waals surface area contributed by atoms with Crippen molar-refractivity contribution in [2.75, 3.05) is 19.6 Å². The van der Waals surface area contributed by atoms with Crippen molar-refractivity contribution in [3.8, 4) is 0 Å². The number of nitrogens with one attached hydrogen (secondary N) is 1. The molecule has 1 aromatic heterocycles. The molecule has 1 atom stereocenters. The molecule has 1 unspecified atom stereocenters. The molecule has 2 aliphatic carbocycles. The van der Waals surface area contributed by atoms with E-state index in [1.165, 1.54) is 22.8 Å². The van der Waals surface area contributed by atoms with Gasteiger partial charge in [-0.3, -0.25) is 4.79 Å². The summed E-state index contributed by atoms with van der Waals surface area (Å²) in [5.74, 6) is -0.567. The molecule has 0 aromatic carbocycles. The summed E-state index contributed by atoms with van der Waals surface area (Å²) in [6, 6.07) is 0.945. The van der Waals surface area contributed by atoms with Crippen molar-refractivity contribution in [3.63, 3.8) is 0 Å². The number of fused-ring (bicyclic) bond motifs is 1. The number of amides is 4. The van der Waals surface area contributed by atoms with E-state index in [2.05, 4.69) is 9.88 Å². The van der Waals surface area contributed by atoms with Crippen LogP contribution >= 0.6 is 0 Å². The highest BCUT2D eigenvalue weighted by atomic mass is 32.2. The Hall–Kier alpha value is -3.12. The van der Waals surface area contributed by atoms with E-state index < -0.39 is 32.8 Å². The molecule has 4 aliphatic rings. The fourth-order valence-electron chi connectivity index (χ4n) is 4.51. The lowest BCUT2D eigenvalue weighted by molar-refractivity contribution is -0.426. The van der Waals surface area contributed by atoms with E-state index in [1.54, 1.807) is 17.9 Å². The number of rotatable bonds is 7. The Labute approximate surface area is 203 Å². The first-order chi connectivity index (χ1) is 16.6. The maximum Gasteiger partial charge on any atom is 0.502 e. The van der Waals surface area contributed by atoms with Crippen LogP contribution in [0.4, 0.5) is 4.79 Å². The highest BCUT2D eigenvalue weighted by molar-refractivity contribution is 7.90. The molecule has 35 heavy (non-hydrogen) atoms. The standard InChI is InChI=1S/C23H28N5O6S/c1-15-11-16(34-24-15)13-28-21(30)18-12-17(35(32,33)25-23(2)7-8-23)5-6-19(18)27(22(28)31)14-20(29)26-9-3-4-10-26/h5-6,11-12,17,25H,3-4,7-10,13-14H2,1-2H3/q+1. The number of aromatic nitrogens is 1. The van der Waals surface area contributed by atoms with Crippen molar-refractivity contribution in [1.29, 1.82) is 0 Å². The number of allylic oxidation sites excluding steroid dienone is 1. The number of aryl methyl sites for hydroxylation is 1. The molecule has 186 valence electrons. The van der Waals surface area contributed by atoms with Crippen molar-refractivity contribution in [3.05, 3.63) is 41.3 Å². The summed E-state index contributed by atoms with van der Waals surface area (Å²) >= 11 is 0. The molecule has 2 fully saturated rings. The summed E-state index contributed by atoms with van der Waals surface area (Å²) in [6.07, 6.45) is 7.56. The summed E-state index contributed by atoms with van der Waals surface area (Å²) in [5.41, 5.74) is 0.415. The van der Waals surface area contributed by atoms with E-state index >= 15 is 0 Å². The summed E-state index contributed by atoms with van der Waals surface area (Å²) in [4.78, 5) is 42.4. The average Bonchev–Trinajstić information content (AvgIpc) is 3.20. The Morgan fingerprint density at radius 1 is 1.29 bits per heavy atom. The molecule has 11 nitrogen and oxygen atoms in total. The number of carbonyl (C=O) groups is 3. The second-order valence-corrected chi connectivity index (χ2v) is 11.6. The summed E-state index contributed by atoms with van der Waals surface area (Å²) in [5, 5.41) is 2.72. The van der Waals surface area contributed by atoms with Crippen LogP contribution in [0.1, 0.15) is 44.1 Å². The Balaban J connectivity index is 1.51. The third-order valence-electron chi connectivity index (χ3n) is 6.77. The highest BCUT2D eigenvalue weighted by Gasteiger charge is 2.48. The van der Waals surface area contributed by atoms with Crippen molar-refractivity contribution >= 4 is 33.6 Å². The van der Waals surface area contributed by atoms with Crippen LogP contribution in [0.3, 0.4) is 0 Å². The number of urea groups is 1. The maximum atomic E-state index is 13.4. The van der Waals surface area contributed by atoms with E-state index in [0.717, 1.165) is 30.6 Å². The lowest BCUT2D eigenvalue weighted by Crippen LogP contribution is -2.53. The zero-order valence-corrected chi connectivity index (χ0v) is 20.5. The normalized spacial score (nSPS) is 23.6. The third kappa shape index (κ3) is 4.59. The Morgan fingerprint density at radius 3 is 2.63 bits per heavy atom. The molecule has 0 spiro atoms. The van der Waals surface area contributed by atoms with Gasteiger partial charge in [0.2, 0.25) is 10.0 Å². The molecule has 12 heteroatoms. The number of likely N-dealkylation sites (tertiary alicyclic amines) is 1. The van der Waals surface area contributed by atoms with Gasteiger partial charge < -0.3 is 9.42 Å². The van der Waals surface area contributed by atoms with E-state index in [-0.39, 0.29) is 30.3 Å². The Kier molecular flexibility index (Phi) is 5.75. The molecule has 0 radical (unpaired) electrons. The van der Waals surface area contributed by atoms with Crippen LogP contribution in [0.2, 0.25) is 0 Å². The van der Waals surface area contributed by atoms with Gasteiger partial charge >= 0.3 is 11.9 Å². The number of hydrogen-bond donors (Lipinski definition) is 1. The molecule has 4 amide bonds. The van der Waals surface area contributed by atoms with Gasteiger partial charge in [-0.15, -0.1) is 4.90 Å². The predicted octanol–water partition coefficient (Wildman–Crippen LogP) is 0.858. The smallest absolute Gasteiger partial charge is 0.357 e. The zero-order valence-electron chi connectivity index (χ0n) is 19.7. The van der Waals surface area contributed by atoms with Crippen molar-refractivity contribution in [1.82, 2.24) is 19.7 Å². The zero-order chi connectivity index (χ0) is 25.0. The molecule has 3 heterocycles. The summed E-state index contributed by atoms with van der Waals surface area (Å²) in [6.45, 7) is 4.37. The Morgan fingerprint density at radius 2 is 2.00 bits per heavy atom. The molecular weight excluding hydrogens is 474 g/mol. The van der Waals surface area contributed by atoms with Crippen LogP contribution < -0.4 is 4.72 Å². The minimum Gasteiger partial charge on any atom is -0.357 e. The van der Waals surface area contributed by atoms with Gasteiger partial charge in [0, 0.05) is 24.7 Å². The van der Waals surface area contributed by atoms with Gasteiger partial charge in [0.1, 0.15) is 16.5 Å². The van der Waals surface area contributed by atoms with E-state index in [1.807, 2.05) is 6.92 Å². The average molecular weight is 503 g/mol. The van der Waals surface area contributed by atoms with Crippen LogP contribution in [0, 0.1) is 6.92 Å². The maximum absolute atomic E-state index is 13.4. The molecule has 0 bridgehead atoms. The molecular formula is C23H28N5O6S+. The van der Waals surface area contributed by atoms with Crippen molar-refractivity contribution < 1.29 is 31.9 Å². The fraction of sp³-hybridized carbons (Fsp3) is 0.522. The molecule has 1 N–H and O–H groups in total. The molecule has 2 aliphatic heterocycles. The summed E-state index contributed by atoms with van der Waals surface area (Å²) < 4.78 is 35.1. The van der Waals surface area contributed by atoms with Crippen LogP contribution in [0.15, 0.2) is 34.4 Å². The fourth-order valence-corrected chi connectivity index (χ4v) is 6.14.